The van der Waals surface area contributed by atoms with Crippen molar-refractivity contribution in [1.29, 1.82) is 0 Å². The van der Waals surface area contributed by atoms with Crippen LogP contribution >= 0.6 is 0 Å². The molecule has 12 heavy (non-hydrogen) atoms. The van der Waals surface area contributed by atoms with E-state index in [0.29, 0.717) is 0 Å². The lowest BCUT2D eigenvalue weighted by molar-refractivity contribution is 0.373. The number of sulfonamides is 1. The zero-order valence-corrected chi connectivity index (χ0v) is 8.60. The van der Waals surface area contributed by atoms with Crippen LogP contribution in [-0.4, -0.2) is 31.6 Å². The molecule has 0 N–H and O–H groups in total. The molecule has 0 bridgehead atoms. The highest BCUT2D eigenvalue weighted by Crippen LogP contribution is 2.24. The summed E-state index contributed by atoms with van der Waals surface area (Å²) in [5.41, 5.74) is 0. The Bertz CT molecular complexity index is 229. The van der Waals surface area contributed by atoms with Crippen LogP contribution in [0.2, 0.25) is 0 Å². The van der Waals surface area contributed by atoms with E-state index >= 15 is 0 Å². The van der Waals surface area contributed by atoms with Gasteiger partial charge in [0, 0.05) is 13.1 Å². The lowest BCUT2D eigenvalue weighted by atomic mass is 10.3. The van der Waals surface area contributed by atoms with E-state index in [4.69, 9.17) is 0 Å². The van der Waals surface area contributed by atoms with Gasteiger partial charge in [-0.2, -0.15) is 0 Å². The molecular formula is C8H17NO2S. The molecule has 0 heterocycles. The summed E-state index contributed by atoms with van der Waals surface area (Å²) >= 11 is 0. The molecule has 0 radical (unpaired) electrons. The van der Waals surface area contributed by atoms with Crippen molar-refractivity contribution in [2.45, 2.75) is 38.6 Å². The quantitative estimate of drug-likeness (QED) is 0.672. The monoisotopic (exact) mass is 191 g/mol. The molecule has 0 unspecified atom stereocenters. The summed E-state index contributed by atoms with van der Waals surface area (Å²) in [7, 11) is -1.25. The lowest BCUT2D eigenvalue weighted by Gasteiger charge is -2.22. The molecule has 0 saturated heterocycles. The van der Waals surface area contributed by atoms with Crippen LogP contribution in [0.1, 0.15) is 32.6 Å². The highest BCUT2D eigenvalue weighted by molar-refractivity contribution is 7.89. The first-order valence-corrected chi connectivity index (χ1v) is 6.14. The average molecular weight is 191 g/mol. The molecular weight excluding hydrogens is 174 g/mol. The third-order valence-corrected chi connectivity index (χ3v) is 4.55. The van der Waals surface area contributed by atoms with Crippen LogP contribution in [0.5, 0.6) is 0 Å². The molecule has 1 rings (SSSR count). The van der Waals surface area contributed by atoms with Crippen LogP contribution < -0.4 is 0 Å². The Morgan fingerprint density at radius 1 is 1.33 bits per heavy atom. The van der Waals surface area contributed by atoms with Gasteiger partial charge in [0.2, 0.25) is 10.0 Å². The van der Waals surface area contributed by atoms with Crippen molar-refractivity contribution < 1.29 is 8.42 Å². The van der Waals surface area contributed by atoms with Crippen molar-refractivity contribution in [2.75, 3.05) is 12.8 Å². The average Bonchev–Trinajstić information content (AvgIpc) is 2.55. The predicted molar refractivity (Wildman–Crippen MR) is 49.5 cm³/mol. The lowest BCUT2D eigenvalue weighted by Crippen LogP contribution is -2.36. The van der Waals surface area contributed by atoms with Crippen molar-refractivity contribution in [3.05, 3.63) is 0 Å². The van der Waals surface area contributed by atoms with E-state index in [9.17, 15) is 8.42 Å². The number of rotatable bonds is 3. The minimum atomic E-state index is -2.95. The van der Waals surface area contributed by atoms with E-state index in [2.05, 4.69) is 0 Å². The molecule has 4 heteroatoms. The maximum Gasteiger partial charge on any atom is 0.213 e. The first-order valence-electron chi connectivity index (χ1n) is 4.53. The predicted octanol–water partition coefficient (Wildman–Crippen LogP) is 1.21. The minimum Gasteiger partial charge on any atom is -0.212 e. The maximum atomic E-state index is 11.4. The van der Waals surface area contributed by atoms with E-state index in [-0.39, 0.29) is 11.8 Å². The summed E-state index contributed by atoms with van der Waals surface area (Å²) in [5.74, 6) is 0.222. The van der Waals surface area contributed by atoms with Gasteiger partial charge in [0.05, 0.1) is 5.75 Å². The van der Waals surface area contributed by atoms with Gasteiger partial charge >= 0.3 is 0 Å². The molecule has 0 aromatic carbocycles. The SMILES string of the molecule is CCS(=O)(=O)N(C)C1CCCC1. The van der Waals surface area contributed by atoms with Crippen molar-refractivity contribution in [3.63, 3.8) is 0 Å². The van der Waals surface area contributed by atoms with E-state index < -0.39 is 10.0 Å². The molecule has 3 nitrogen and oxygen atoms in total. The van der Waals surface area contributed by atoms with E-state index in [1.165, 1.54) is 12.8 Å². The van der Waals surface area contributed by atoms with Crippen LogP contribution in [-0.2, 0) is 10.0 Å². The van der Waals surface area contributed by atoms with Gasteiger partial charge in [-0.3, -0.25) is 0 Å². The summed E-state index contributed by atoms with van der Waals surface area (Å²) in [6, 6.07) is 0.273. The van der Waals surface area contributed by atoms with Gasteiger partial charge in [0.15, 0.2) is 0 Å². The van der Waals surface area contributed by atoms with Crippen molar-refractivity contribution in [3.8, 4) is 0 Å². The number of hydrogen-bond donors (Lipinski definition) is 0. The first kappa shape index (κ1) is 9.99. The molecule has 72 valence electrons. The topological polar surface area (TPSA) is 37.4 Å². The van der Waals surface area contributed by atoms with Gasteiger partial charge < -0.3 is 0 Å². The zero-order valence-electron chi connectivity index (χ0n) is 7.78. The van der Waals surface area contributed by atoms with Gasteiger partial charge in [0.25, 0.3) is 0 Å². The van der Waals surface area contributed by atoms with Crippen LogP contribution in [0.3, 0.4) is 0 Å². The molecule has 1 aliphatic rings. The van der Waals surface area contributed by atoms with Gasteiger partial charge in [-0.25, -0.2) is 12.7 Å². The summed E-state index contributed by atoms with van der Waals surface area (Å²) in [6.45, 7) is 1.70. The van der Waals surface area contributed by atoms with Crippen LogP contribution in [0.15, 0.2) is 0 Å². The molecule has 1 aliphatic carbocycles. The Hall–Kier alpha value is -0.0900. The highest BCUT2D eigenvalue weighted by atomic mass is 32.2. The van der Waals surface area contributed by atoms with Crippen LogP contribution in [0, 0.1) is 0 Å². The van der Waals surface area contributed by atoms with Crippen molar-refractivity contribution in [2.24, 2.45) is 0 Å². The summed E-state index contributed by atoms with van der Waals surface area (Å²) in [5, 5.41) is 0. The molecule has 0 aromatic rings. The fourth-order valence-corrected chi connectivity index (χ4v) is 2.77. The summed E-state index contributed by atoms with van der Waals surface area (Å²) < 4.78 is 24.4. The second kappa shape index (κ2) is 3.75. The van der Waals surface area contributed by atoms with Crippen molar-refractivity contribution in [1.82, 2.24) is 4.31 Å². The third-order valence-electron chi connectivity index (χ3n) is 2.64. The Labute approximate surface area is 74.8 Å². The van der Waals surface area contributed by atoms with Gasteiger partial charge in [-0.15, -0.1) is 0 Å². The summed E-state index contributed by atoms with van der Waals surface area (Å²) in [4.78, 5) is 0. The highest BCUT2D eigenvalue weighted by Gasteiger charge is 2.26. The largest absolute Gasteiger partial charge is 0.213 e. The maximum absolute atomic E-state index is 11.4. The van der Waals surface area contributed by atoms with Gasteiger partial charge in [-0.05, 0) is 19.8 Å². The molecule has 1 saturated carbocycles. The first-order chi connectivity index (χ1) is 5.58. The molecule has 0 spiro atoms. The Balaban J connectivity index is 2.63. The molecule has 0 atom stereocenters. The smallest absolute Gasteiger partial charge is 0.212 e. The normalized spacial score (nSPS) is 20.6. The van der Waals surface area contributed by atoms with E-state index in [0.717, 1.165) is 12.8 Å². The Kier molecular flexibility index (Phi) is 3.12. The van der Waals surface area contributed by atoms with Gasteiger partial charge in [0.1, 0.15) is 0 Å². The number of nitrogens with zero attached hydrogens (tertiary/aromatic N) is 1. The minimum absolute atomic E-state index is 0.222. The standard InChI is InChI=1S/C8H17NO2S/c1-3-12(10,11)9(2)8-6-4-5-7-8/h8H,3-7H2,1-2H3. The second-order valence-corrected chi connectivity index (χ2v) is 5.67. The Morgan fingerprint density at radius 2 is 1.83 bits per heavy atom. The number of hydrogen-bond acceptors (Lipinski definition) is 2. The molecule has 0 aliphatic heterocycles. The van der Waals surface area contributed by atoms with E-state index in [1.807, 2.05) is 0 Å². The van der Waals surface area contributed by atoms with Crippen LogP contribution in [0.25, 0.3) is 0 Å². The van der Waals surface area contributed by atoms with Gasteiger partial charge in [-0.1, -0.05) is 12.8 Å². The van der Waals surface area contributed by atoms with Crippen LogP contribution in [0.4, 0.5) is 0 Å². The zero-order chi connectivity index (χ0) is 9.19. The molecule has 0 aromatic heterocycles. The Morgan fingerprint density at radius 3 is 2.25 bits per heavy atom. The fourth-order valence-electron chi connectivity index (χ4n) is 1.70. The third kappa shape index (κ3) is 1.98. The molecule has 0 amide bonds. The summed E-state index contributed by atoms with van der Waals surface area (Å²) in [6.07, 6.45) is 4.42. The molecule has 1 fully saturated rings. The van der Waals surface area contributed by atoms with Crippen molar-refractivity contribution >= 4 is 10.0 Å². The second-order valence-electron chi connectivity index (χ2n) is 3.36. The fraction of sp³-hybridized carbons (Fsp3) is 1.00. The van der Waals surface area contributed by atoms with E-state index in [1.54, 1.807) is 18.3 Å².